The molecule has 2 aromatic carbocycles. The molecule has 31 heavy (non-hydrogen) atoms. The van der Waals surface area contributed by atoms with E-state index in [0.717, 1.165) is 18.4 Å². The average molecular weight is 421 g/mol. The number of aromatic hydroxyl groups is 2. The SMILES string of the molecule is CCOc1ccc(C(=O)/C=C/c2ccc(O)cc2)c(O)c1C/C=C(\C)CCC=C(C)C. The van der Waals surface area contributed by atoms with Crippen LogP contribution in [0.25, 0.3) is 6.08 Å². The number of allylic oxidation sites excluding steroid dienone is 5. The van der Waals surface area contributed by atoms with E-state index in [1.807, 2.05) is 6.92 Å². The van der Waals surface area contributed by atoms with Crippen LogP contribution in [0.2, 0.25) is 0 Å². The van der Waals surface area contributed by atoms with Gasteiger partial charge in [-0.05, 0) is 82.9 Å². The fraction of sp³-hybridized carbons (Fsp3) is 0.296. The molecule has 0 radical (unpaired) electrons. The highest BCUT2D eigenvalue weighted by atomic mass is 16.5. The fourth-order valence-electron chi connectivity index (χ4n) is 3.12. The first kappa shape index (κ1) is 24.0. The Morgan fingerprint density at radius 2 is 1.71 bits per heavy atom. The average Bonchev–Trinajstić information content (AvgIpc) is 2.72. The van der Waals surface area contributed by atoms with Gasteiger partial charge < -0.3 is 14.9 Å². The molecule has 2 aromatic rings. The van der Waals surface area contributed by atoms with Gasteiger partial charge in [0.15, 0.2) is 5.78 Å². The van der Waals surface area contributed by atoms with Crippen molar-refractivity contribution in [2.24, 2.45) is 0 Å². The van der Waals surface area contributed by atoms with Crippen molar-refractivity contribution in [2.75, 3.05) is 6.61 Å². The highest BCUT2D eigenvalue weighted by molar-refractivity contribution is 6.09. The van der Waals surface area contributed by atoms with E-state index in [1.54, 1.807) is 42.5 Å². The minimum absolute atomic E-state index is 0.0420. The van der Waals surface area contributed by atoms with Crippen LogP contribution in [-0.2, 0) is 6.42 Å². The molecule has 0 bridgehead atoms. The van der Waals surface area contributed by atoms with E-state index >= 15 is 0 Å². The molecule has 0 unspecified atom stereocenters. The summed E-state index contributed by atoms with van der Waals surface area (Å²) in [7, 11) is 0. The minimum Gasteiger partial charge on any atom is -0.508 e. The van der Waals surface area contributed by atoms with Crippen LogP contribution < -0.4 is 4.74 Å². The van der Waals surface area contributed by atoms with Gasteiger partial charge >= 0.3 is 0 Å². The lowest BCUT2D eigenvalue weighted by atomic mass is 9.99. The zero-order valence-electron chi connectivity index (χ0n) is 18.8. The number of carbonyl (C=O) groups is 1. The molecule has 2 rings (SSSR count). The molecule has 0 aliphatic rings. The second-order valence-electron chi connectivity index (χ2n) is 7.74. The van der Waals surface area contributed by atoms with Crippen molar-refractivity contribution in [3.63, 3.8) is 0 Å². The van der Waals surface area contributed by atoms with E-state index in [-0.39, 0.29) is 22.8 Å². The summed E-state index contributed by atoms with van der Waals surface area (Å²) in [5.41, 5.74) is 4.17. The first-order chi connectivity index (χ1) is 14.8. The largest absolute Gasteiger partial charge is 0.508 e. The summed E-state index contributed by atoms with van der Waals surface area (Å²) < 4.78 is 5.69. The molecular formula is C27H32O4. The Bertz CT molecular complexity index is 975. The topological polar surface area (TPSA) is 66.8 Å². The highest BCUT2D eigenvalue weighted by Crippen LogP contribution is 2.33. The number of carbonyl (C=O) groups excluding carboxylic acids is 1. The van der Waals surface area contributed by atoms with Crippen molar-refractivity contribution < 1.29 is 19.7 Å². The molecule has 0 amide bonds. The van der Waals surface area contributed by atoms with Gasteiger partial charge in [-0.1, -0.05) is 41.5 Å². The van der Waals surface area contributed by atoms with Crippen LogP contribution >= 0.6 is 0 Å². The third-order valence-corrected chi connectivity index (χ3v) is 4.87. The molecule has 0 saturated heterocycles. The quantitative estimate of drug-likeness (QED) is 0.257. The van der Waals surface area contributed by atoms with E-state index in [2.05, 4.69) is 32.9 Å². The number of hydrogen-bond donors (Lipinski definition) is 2. The standard InChI is InChI=1S/C27H32O4/c1-5-31-26-18-16-23(25(29)17-12-21-10-13-22(28)14-11-21)27(30)24(26)15-9-20(4)8-6-7-19(2)3/h7,9-14,16-18,28,30H,5-6,8,15H2,1-4H3/b17-12+,20-9+. The zero-order chi connectivity index (χ0) is 22.8. The zero-order valence-corrected chi connectivity index (χ0v) is 18.8. The molecule has 164 valence electrons. The second kappa shape index (κ2) is 11.8. The van der Waals surface area contributed by atoms with Crippen LogP contribution in [0.15, 0.2) is 65.8 Å². The summed E-state index contributed by atoms with van der Waals surface area (Å²) in [6.45, 7) is 8.62. The predicted molar refractivity (Wildman–Crippen MR) is 127 cm³/mol. The van der Waals surface area contributed by atoms with Gasteiger partial charge in [0.1, 0.15) is 17.2 Å². The van der Waals surface area contributed by atoms with Crippen molar-refractivity contribution >= 4 is 11.9 Å². The Balaban J connectivity index is 2.24. The lowest BCUT2D eigenvalue weighted by Gasteiger charge is -2.13. The molecule has 0 aromatic heterocycles. The minimum atomic E-state index is -0.292. The van der Waals surface area contributed by atoms with Gasteiger partial charge in [0, 0.05) is 5.56 Å². The molecule has 0 atom stereocenters. The van der Waals surface area contributed by atoms with Crippen molar-refractivity contribution in [1.29, 1.82) is 0 Å². The second-order valence-corrected chi connectivity index (χ2v) is 7.74. The lowest BCUT2D eigenvalue weighted by Crippen LogP contribution is -2.02. The summed E-state index contributed by atoms with van der Waals surface area (Å²) in [4.78, 5) is 12.7. The number of ketones is 1. The van der Waals surface area contributed by atoms with E-state index in [1.165, 1.54) is 17.2 Å². The van der Waals surface area contributed by atoms with Crippen molar-refractivity contribution in [3.05, 3.63) is 82.5 Å². The lowest BCUT2D eigenvalue weighted by molar-refractivity contribution is 0.104. The van der Waals surface area contributed by atoms with Crippen molar-refractivity contribution in [1.82, 2.24) is 0 Å². The third-order valence-electron chi connectivity index (χ3n) is 4.87. The normalized spacial score (nSPS) is 11.5. The summed E-state index contributed by atoms with van der Waals surface area (Å²) >= 11 is 0. The molecule has 0 saturated carbocycles. The number of hydrogen-bond acceptors (Lipinski definition) is 4. The highest BCUT2D eigenvalue weighted by Gasteiger charge is 2.16. The number of benzene rings is 2. The number of phenols is 2. The summed E-state index contributed by atoms with van der Waals surface area (Å²) in [6.07, 6.45) is 9.79. The molecule has 0 heterocycles. The van der Waals surface area contributed by atoms with E-state index in [9.17, 15) is 15.0 Å². The maximum Gasteiger partial charge on any atom is 0.189 e. The van der Waals surface area contributed by atoms with Gasteiger partial charge in [0.05, 0.1) is 12.2 Å². The van der Waals surface area contributed by atoms with Crippen molar-refractivity contribution in [2.45, 2.75) is 47.0 Å². The maximum absolute atomic E-state index is 12.7. The number of phenolic OH excluding ortho intramolecular Hbond substituents is 2. The van der Waals surface area contributed by atoms with Gasteiger partial charge in [0.25, 0.3) is 0 Å². The van der Waals surface area contributed by atoms with Crippen LogP contribution in [0.3, 0.4) is 0 Å². The van der Waals surface area contributed by atoms with Gasteiger partial charge in [-0.25, -0.2) is 0 Å². The molecule has 0 aliphatic heterocycles. The van der Waals surface area contributed by atoms with Crippen LogP contribution in [0.4, 0.5) is 0 Å². The van der Waals surface area contributed by atoms with Gasteiger partial charge in [0.2, 0.25) is 0 Å². The van der Waals surface area contributed by atoms with Gasteiger partial charge in [-0.3, -0.25) is 4.79 Å². The molecular weight excluding hydrogens is 388 g/mol. The maximum atomic E-state index is 12.7. The molecule has 2 N–H and O–H groups in total. The van der Waals surface area contributed by atoms with E-state index < -0.39 is 0 Å². The number of ether oxygens (including phenoxy) is 1. The Labute approximate surface area is 185 Å². The fourth-order valence-corrected chi connectivity index (χ4v) is 3.12. The first-order valence-electron chi connectivity index (χ1n) is 10.6. The molecule has 4 heteroatoms. The smallest absolute Gasteiger partial charge is 0.189 e. The number of rotatable bonds is 10. The van der Waals surface area contributed by atoms with Crippen LogP contribution in [0.1, 0.15) is 62.0 Å². The van der Waals surface area contributed by atoms with Gasteiger partial charge in [-0.2, -0.15) is 0 Å². The molecule has 4 nitrogen and oxygen atoms in total. The molecule has 0 aliphatic carbocycles. The van der Waals surface area contributed by atoms with Crippen LogP contribution in [0, 0.1) is 0 Å². The van der Waals surface area contributed by atoms with E-state index in [0.29, 0.717) is 24.3 Å². The van der Waals surface area contributed by atoms with Gasteiger partial charge in [-0.15, -0.1) is 0 Å². The Morgan fingerprint density at radius 3 is 2.35 bits per heavy atom. The Morgan fingerprint density at radius 1 is 1.00 bits per heavy atom. The Kier molecular flexibility index (Phi) is 9.13. The van der Waals surface area contributed by atoms with Crippen LogP contribution in [0.5, 0.6) is 17.2 Å². The molecule has 0 fully saturated rings. The third kappa shape index (κ3) is 7.49. The Hall–Kier alpha value is -3.27. The summed E-state index contributed by atoms with van der Waals surface area (Å²) in [6, 6.07) is 9.88. The van der Waals surface area contributed by atoms with Crippen LogP contribution in [-0.4, -0.2) is 22.6 Å². The first-order valence-corrected chi connectivity index (χ1v) is 10.6. The molecule has 0 spiro atoms. The van der Waals surface area contributed by atoms with Crippen molar-refractivity contribution in [3.8, 4) is 17.2 Å². The summed E-state index contributed by atoms with van der Waals surface area (Å²) in [5, 5.41) is 20.2. The predicted octanol–water partition coefficient (Wildman–Crippen LogP) is 6.63. The van der Waals surface area contributed by atoms with E-state index in [4.69, 9.17) is 4.74 Å². The summed E-state index contributed by atoms with van der Waals surface area (Å²) in [5.74, 6) is 0.424. The monoisotopic (exact) mass is 420 g/mol.